The topological polar surface area (TPSA) is 114 Å². The Morgan fingerprint density at radius 3 is 2.68 bits per heavy atom. The second-order valence-electron chi connectivity index (χ2n) is 7.30. The van der Waals surface area contributed by atoms with Crippen LogP contribution in [0.4, 0.5) is 17.3 Å². The highest BCUT2D eigenvalue weighted by Gasteiger charge is 2.09. The van der Waals surface area contributed by atoms with Crippen molar-refractivity contribution >= 4 is 35.1 Å². The fourth-order valence-electron chi connectivity index (χ4n) is 3.05. The van der Waals surface area contributed by atoms with Gasteiger partial charge in [-0.05, 0) is 72.5 Å². The molecular formula is C24H22ClN7O2. The normalized spacial score (nSPS) is 10.8. The molecule has 0 atom stereocenters. The van der Waals surface area contributed by atoms with Gasteiger partial charge in [0.25, 0.3) is 0 Å². The molecule has 34 heavy (non-hydrogen) atoms. The van der Waals surface area contributed by atoms with Gasteiger partial charge < -0.3 is 9.73 Å². The molecule has 0 amide bonds. The minimum atomic E-state index is 0.313. The Bertz CT molecular complexity index is 1380. The average molecular weight is 476 g/mol. The van der Waals surface area contributed by atoms with Crippen LogP contribution in [0.15, 0.2) is 75.1 Å². The van der Waals surface area contributed by atoms with E-state index in [0.29, 0.717) is 34.0 Å². The fourth-order valence-corrected chi connectivity index (χ4v) is 3.28. The Balaban J connectivity index is 1.63. The van der Waals surface area contributed by atoms with Crippen molar-refractivity contribution in [2.75, 3.05) is 10.7 Å². The Morgan fingerprint density at radius 1 is 0.971 bits per heavy atom. The summed E-state index contributed by atoms with van der Waals surface area (Å²) >= 11 is 6.26. The van der Waals surface area contributed by atoms with E-state index in [9.17, 15) is 0 Å². The molecular weight excluding hydrogens is 454 g/mol. The summed E-state index contributed by atoms with van der Waals surface area (Å²) in [7, 11) is 0. The molecule has 0 spiro atoms. The molecule has 0 aliphatic rings. The van der Waals surface area contributed by atoms with E-state index >= 15 is 0 Å². The lowest BCUT2D eigenvalue weighted by molar-refractivity contribution is 0.278. The van der Waals surface area contributed by atoms with Crippen LogP contribution < -0.4 is 10.7 Å². The fraction of sp³-hybridized carbons (Fsp3) is 0.125. The number of rotatable bonds is 6. The van der Waals surface area contributed by atoms with Crippen LogP contribution in [0, 0.1) is 20.8 Å². The maximum absolute atomic E-state index is 6.26. The molecule has 0 aliphatic heterocycles. The van der Waals surface area contributed by atoms with Crippen LogP contribution >= 0.6 is 11.6 Å². The smallest absolute Gasteiger partial charge is 0.191 e. The molecule has 2 aromatic heterocycles. The van der Waals surface area contributed by atoms with Crippen LogP contribution in [-0.4, -0.2) is 26.5 Å². The number of hydrogen-bond acceptors (Lipinski definition) is 9. The number of aromatic nitrogens is 4. The number of hydrogen-bond donors (Lipinski definition) is 2. The molecule has 9 nitrogen and oxygen atoms in total. The molecule has 10 heteroatoms. The molecule has 0 radical (unpaired) electrons. The summed E-state index contributed by atoms with van der Waals surface area (Å²) < 4.78 is 10.7. The Morgan fingerprint density at radius 2 is 1.82 bits per heavy atom. The number of nitrogens with one attached hydrogen (secondary N) is 2. The van der Waals surface area contributed by atoms with Gasteiger partial charge in [-0.15, -0.1) is 0 Å². The van der Waals surface area contributed by atoms with Crippen molar-refractivity contribution in [3.05, 3.63) is 88.7 Å². The van der Waals surface area contributed by atoms with Gasteiger partial charge in [-0.1, -0.05) is 35.9 Å². The van der Waals surface area contributed by atoms with Gasteiger partial charge in [-0.3, -0.25) is 5.43 Å². The summed E-state index contributed by atoms with van der Waals surface area (Å²) in [4.78, 5) is 8.73. The van der Waals surface area contributed by atoms with Crippen molar-refractivity contribution < 1.29 is 9.05 Å². The Hall–Kier alpha value is -4.24. The predicted octanol–water partition coefficient (Wildman–Crippen LogP) is 6.01. The first-order valence-corrected chi connectivity index (χ1v) is 10.8. The highest BCUT2D eigenvalue weighted by atomic mass is 35.5. The zero-order valence-electron chi connectivity index (χ0n) is 18.8. The number of furan rings is 1. The quantitative estimate of drug-likeness (QED) is 0.257. The van der Waals surface area contributed by atoms with Gasteiger partial charge in [0.1, 0.15) is 11.5 Å². The summed E-state index contributed by atoms with van der Waals surface area (Å²) in [5.41, 5.74) is 6.79. The van der Waals surface area contributed by atoms with Crippen molar-refractivity contribution in [3.63, 3.8) is 0 Å². The van der Waals surface area contributed by atoms with Crippen molar-refractivity contribution in [2.45, 2.75) is 20.8 Å². The lowest BCUT2D eigenvalue weighted by Gasteiger charge is -2.11. The second-order valence-corrected chi connectivity index (χ2v) is 7.71. The van der Waals surface area contributed by atoms with Crippen LogP contribution in [0.2, 0.25) is 5.02 Å². The van der Waals surface area contributed by atoms with Gasteiger partial charge in [0.05, 0.1) is 11.2 Å². The van der Waals surface area contributed by atoms with Crippen molar-refractivity contribution in [1.29, 1.82) is 0 Å². The van der Waals surface area contributed by atoms with Crippen LogP contribution in [0.25, 0.3) is 11.3 Å². The lowest BCUT2D eigenvalue weighted by atomic mass is 10.1. The van der Waals surface area contributed by atoms with Crippen molar-refractivity contribution in [3.8, 4) is 11.3 Å². The summed E-state index contributed by atoms with van der Waals surface area (Å²) in [5.74, 6) is 2.19. The van der Waals surface area contributed by atoms with E-state index in [4.69, 9.17) is 20.6 Å². The van der Waals surface area contributed by atoms with Gasteiger partial charge in [-0.25, -0.2) is 14.6 Å². The van der Waals surface area contributed by atoms with E-state index < -0.39 is 0 Å². The number of aryl methyl sites for hydroxylation is 2. The van der Waals surface area contributed by atoms with E-state index in [-0.39, 0.29) is 0 Å². The second kappa shape index (κ2) is 10.6. The van der Waals surface area contributed by atoms with Crippen molar-refractivity contribution in [1.82, 2.24) is 20.3 Å². The minimum Gasteiger partial charge on any atom is -0.455 e. The third-order valence-electron chi connectivity index (χ3n) is 4.94. The van der Waals surface area contributed by atoms with Crippen LogP contribution in [0.5, 0.6) is 0 Å². The number of benzene rings is 2. The first-order chi connectivity index (χ1) is 16.5. The highest BCUT2D eigenvalue weighted by Crippen LogP contribution is 2.29. The molecule has 0 bridgehead atoms. The van der Waals surface area contributed by atoms with Gasteiger partial charge in [-0.2, -0.15) is 5.10 Å². The van der Waals surface area contributed by atoms with Gasteiger partial charge >= 0.3 is 0 Å². The van der Waals surface area contributed by atoms with Gasteiger partial charge in [0.2, 0.25) is 0 Å². The maximum atomic E-state index is 6.26. The van der Waals surface area contributed by atoms with Crippen LogP contribution in [0.1, 0.15) is 22.7 Å². The molecule has 0 aliphatic carbocycles. The molecule has 4 aromatic rings. The van der Waals surface area contributed by atoms with E-state index in [1.165, 1.54) is 12.5 Å². The lowest BCUT2D eigenvalue weighted by Crippen LogP contribution is -2.02. The van der Waals surface area contributed by atoms with E-state index in [0.717, 1.165) is 22.4 Å². The first-order valence-electron chi connectivity index (χ1n) is 10.4. The maximum Gasteiger partial charge on any atom is 0.191 e. The van der Waals surface area contributed by atoms with Crippen LogP contribution in [0.3, 0.4) is 0 Å². The van der Waals surface area contributed by atoms with Crippen molar-refractivity contribution in [2.24, 2.45) is 5.10 Å². The largest absolute Gasteiger partial charge is 0.455 e. The molecule has 0 unspecified atom stereocenters. The summed E-state index contributed by atoms with van der Waals surface area (Å²) in [6.45, 7) is 5.73. The molecule has 2 aromatic carbocycles. The first kappa shape index (κ1) is 22.9. The van der Waals surface area contributed by atoms with Crippen LogP contribution in [-0.2, 0) is 0 Å². The number of halogens is 1. The van der Waals surface area contributed by atoms with E-state index in [1.54, 1.807) is 13.0 Å². The molecule has 172 valence electrons. The number of nitrogens with zero attached hydrogens (tertiary/aromatic N) is 5. The van der Waals surface area contributed by atoms with E-state index in [2.05, 4.69) is 36.1 Å². The number of anilines is 3. The predicted molar refractivity (Wildman–Crippen MR) is 132 cm³/mol. The Labute approximate surface area is 201 Å². The standard InChI is InChI=1S/C24H22ClN7O2/c1-15-7-6-10-21(16(15)2)30-23-24(29-17(3)32-34-28-14-26-23)31-27-13-18-11-12-22(33-18)19-8-4-5-9-20(19)25/h4-14H,1-3H3,(H,26,28,30)(H,29,31,32)/b27-13-. The molecule has 2 heterocycles. The molecule has 0 fully saturated rings. The zero-order valence-corrected chi connectivity index (χ0v) is 19.5. The minimum absolute atomic E-state index is 0.313. The third kappa shape index (κ3) is 5.57. The molecule has 0 saturated carbocycles. The Kier molecular flexibility index (Phi) is 7.14. The summed E-state index contributed by atoms with van der Waals surface area (Å²) in [6, 6.07) is 17.0. The number of hydrazone groups is 1. The monoisotopic (exact) mass is 475 g/mol. The third-order valence-corrected chi connectivity index (χ3v) is 5.27. The van der Waals surface area contributed by atoms with Gasteiger partial charge in [0.15, 0.2) is 23.8 Å². The average Bonchev–Trinajstić information content (AvgIpc) is 3.31. The zero-order chi connectivity index (χ0) is 23.9. The highest BCUT2D eigenvalue weighted by molar-refractivity contribution is 6.33. The molecule has 4 rings (SSSR count). The summed E-state index contributed by atoms with van der Waals surface area (Å²) in [5, 5.41) is 15.6. The SMILES string of the molecule is Cc1noncnc(Nc2cccc(C)c2C)c(N/N=C\c2ccc(-c3ccccc3Cl)o2)n1. The summed E-state index contributed by atoms with van der Waals surface area (Å²) in [6.07, 6.45) is 2.76. The molecule has 0 saturated heterocycles. The van der Waals surface area contributed by atoms with Gasteiger partial charge in [0, 0.05) is 11.3 Å². The van der Waals surface area contributed by atoms with E-state index in [1.807, 2.05) is 62.4 Å². The molecule has 2 N–H and O–H groups in total.